The van der Waals surface area contributed by atoms with Crippen LogP contribution in [0.25, 0.3) is 0 Å². The zero-order valence-electron chi connectivity index (χ0n) is 9.59. The average molecular weight is 250 g/mol. The van der Waals surface area contributed by atoms with E-state index in [0.29, 0.717) is 16.5 Å². The average Bonchev–Trinajstić information content (AvgIpc) is 2.58. The lowest BCUT2D eigenvalue weighted by atomic mass is 10.3. The fourth-order valence-electron chi connectivity index (χ4n) is 1.60. The SMILES string of the molecule is Cn1cc[n+](C)c1C([O-])=Nc1cccc(Cl)c1. The van der Waals surface area contributed by atoms with Crippen LogP contribution >= 0.6 is 11.6 Å². The predicted molar refractivity (Wildman–Crippen MR) is 64.2 cm³/mol. The highest BCUT2D eigenvalue weighted by atomic mass is 35.5. The minimum absolute atomic E-state index is 0.290. The van der Waals surface area contributed by atoms with Crippen molar-refractivity contribution >= 4 is 23.2 Å². The Hall–Kier alpha value is -1.81. The number of aliphatic imine (C=N–C) groups is 1. The molecule has 0 aliphatic carbocycles. The van der Waals surface area contributed by atoms with Gasteiger partial charge in [-0.2, -0.15) is 0 Å². The summed E-state index contributed by atoms with van der Waals surface area (Å²) < 4.78 is 3.47. The first-order chi connectivity index (χ1) is 8.08. The second-order valence-corrected chi connectivity index (χ2v) is 4.18. The van der Waals surface area contributed by atoms with Crippen molar-refractivity contribution in [2.45, 2.75) is 0 Å². The fourth-order valence-corrected chi connectivity index (χ4v) is 1.79. The van der Waals surface area contributed by atoms with Gasteiger partial charge in [-0.05, 0) is 18.2 Å². The first-order valence-corrected chi connectivity index (χ1v) is 5.48. The minimum atomic E-state index is -0.290. The lowest BCUT2D eigenvalue weighted by Gasteiger charge is -2.07. The summed E-state index contributed by atoms with van der Waals surface area (Å²) in [6, 6.07) is 6.90. The van der Waals surface area contributed by atoms with Crippen LogP contribution in [0.5, 0.6) is 0 Å². The van der Waals surface area contributed by atoms with Crippen LogP contribution in [-0.4, -0.2) is 10.5 Å². The Morgan fingerprint density at radius 2 is 2.24 bits per heavy atom. The molecule has 0 atom stereocenters. The smallest absolute Gasteiger partial charge is 0.292 e. The molecule has 2 aromatic rings. The molecule has 0 radical (unpaired) electrons. The number of benzene rings is 1. The zero-order chi connectivity index (χ0) is 12.4. The third kappa shape index (κ3) is 2.47. The van der Waals surface area contributed by atoms with Gasteiger partial charge in [-0.15, -0.1) is 0 Å². The molecule has 2 rings (SSSR count). The predicted octanol–water partition coefficient (Wildman–Crippen LogP) is 0.942. The summed E-state index contributed by atoms with van der Waals surface area (Å²) >= 11 is 5.83. The zero-order valence-corrected chi connectivity index (χ0v) is 10.3. The van der Waals surface area contributed by atoms with Gasteiger partial charge in [0.05, 0.1) is 25.7 Å². The third-order valence-electron chi connectivity index (χ3n) is 2.41. The van der Waals surface area contributed by atoms with Crippen LogP contribution in [0.4, 0.5) is 5.69 Å². The van der Waals surface area contributed by atoms with E-state index in [2.05, 4.69) is 4.99 Å². The molecule has 0 unspecified atom stereocenters. The van der Waals surface area contributed by atoms with Crippen molar-refractivity contribution in [1.82, 2.24) is 4.57 Å². The number of imidazole rings is 1. The number of rotatable bonds is 2. The summed E-state index contributed by atoms with van der Waals surface area (Å²) in [5.41, 5.74) is 0.559. The minimum Gasteiger partial charge on any atom is -0.853 e. The second kappa shape index (κ2) is 4.59. The van der Waals surface area contributed by atoms with Crippen molar-refractivity contribution in [2.75, 3.05) is 0 Å². The van der Waals surface area contributed by atoms with Crippen LogP contribution in [0.2, 0.25) is 5.02 Å². The Labute approximate surface area is 104 Å². The largest absolute Gasteiger partial charge is 0.853 e. The van der Waals surface area contributed by atoms with E-state index < -0.39 is 0 Å². The molecule has 88 valence electrons. The van der Waals surface area contributed by atoms with Gasteiger partial charge >= 0.3 is 0 Å². The van der Waals surface area contributed by atoms with Crippen molar-refractivity contribution in [2.24, 2.45) is 19.1 Å². The molecule has 0 saturated carbocycles. The Morgan fingerprint density at radius 1 is 1.47 bits per heavy atom. The van der Waals surface area contributed by atoms with Gasteiger partial charge in [0.2, 0.25) is 0 Å². The lowest BCUT2D eigenvalue weighted by Crippen LogP contribution is -2.39. The highest BCUT2D eigenvalue weighted by Gasteiger charge is 2.11. The molecule has 0 N–H and O–H groups in total. The van der Waals surface area contributed by atoms with Gasteiger partial charge in [-0.25, -0.2) is 9.13 Å². The summed E-state index contributed by atoms with van der Waals surface area (Å²) in [5, 5.41) is 12.5. The van der Waals surface area contributed by atoms with Crippen LogP contribution < -0.4 is 9.67 Å². The molecule has 17 heavy (non-hydrogen) atoms. The Balaban J connectivity index is 2.41. The molecular formula is C12H12ClN3O. The molecule has 0 bridgehead atoms. The Bertz CT molecular complexity index is 555. The van der Waals surface area contributed by atoms with E-state index in [1.54, 1.807) is 59.9 Å². The lowest BCUT2D eigenvalue weighted by molar-refractivity contribution is -0.674. The van der Waals surface area contributed by atoms with E-state index in [9.17, 15) is 5.11 Å². The third-order valence-corrected chi connectivity index (χ3v) is 2.65. The van der Waals surface area contributed by atoms with Gasteiger partial charge in [0, 0.05) is 5.02 Å². The van der Waals surface area contributed by atoms with Crippen molar-refractivity contribution in [1.29, 1.82) is 0 Å². The summed E-state index contributed by atoms with van der Waals surface area (Å²) in [6.45, 7) is 0. The molecule has 1 aromatic heterocycles. The van der Waals surface area contributed by atoms with E-state index >= 15 is 0 Å². The molecule has 1 aromatic carbocycles. The maximum absolute atomic E-state index is 12.0. The number of hydrogen-bond donors (Lipinski definition) is 0. The van der Waals surface area contributed by atoms with Gasteiger partial charge in [0.25, 0.3) is 5.82 Å². The normalized spacial score (nSPS) is 11.8. The topological polar surface area (TPSA) is 44.2 Å². The molecule has 0 saturated heterocycles. The molecule has 0 spiro atoms. The van der Waals surface area contributed by atoms with Gasteiger partial charge in [0.15, 0.2) is 0 Å². The highest BCUT2D eigenvalue weighted by molar-refractivity contribution is 6.30. The summed E-state index contributed by atoms with van der Waals surface area (Å²) in [4.78, 5) is 4.02. The standard InChI is InChI=1S/C12H12ClN3O/c1-15-6-7-16(2)12(15)11(17)14-10-5-3-4-9(13)8-10/h3-8H,1-2H3. The Morgan fingerprint density at radius 3 is 2.82 bits per heavy atom. The number of nitrogens with zero attached hydrogens (tertiary/aromatic N) is 3. The Kier molecular flexibility index (Phi) is 3.15. The molecular weight excluding hydrogens is 238 g/mol. The number of aromatic nitrogens is 2. The second-order valence-electron chi connectivity index (χ2n) is 3.74. The van der Waals surface area contributed by atoms with E-state index in [-0.39, 0.29) is 5.90 Å². The summed E-state index contributed by atoms with van der Waals surface area (Å²) in [6.07, 6.45) is 3.61. The van der Waals surface area contributed by atoms with Crippen molar-refractivity contribution < 1.29 is 9.67 Å². The van der Waals surface area contributed by atoms with Gasteiger partial charge in [-0.1, -0.05) is 17.7 Å². The number of halogens is 1. The quantitative estimate of drug-likeness (QED) is 0.444. The van der Waals surface area contributed by atoms with E-state index in [0.717, 1.165) is 0 Å². The first kappa shape index (κ1) is 11.7. The molecule has 0 aliphatic rings. The highest BCUT2D eigenvalue weighted by Crippen LogP contribution is 2.17. The van der Waals surface area contributed by atoms with Gasteiger partial charge in [0.1, 0.15) is 12.4 Å². The number of aryl methyl sites for hydroxylation is 2. The molecule has 0 amide bonds. The van der Waals surface area contributed by atoms with Crippen LogP contribution in [0.3, 0.4) is 0 Å². The maximum Gasteiger partial charge on any atom is 0.292 e. The molecule has 4 nitrogen and oxygen atoms in total. The first-order valence-electron chi connectivity index (χ1n) is 5.10. The van der Waals surface area contributed by atoms with Crippen LogP contribution in [0.1, 0.15) is 5.82 Å². The monoisotopic (exact) mass is 249 g/mol. The van der Waals surface area contributed by atoms with Gasteiger partial charge in [-0.3, -0.25) is 4.99 Å². The number of hydrogen-bond acceptors (Lipinski definition) is 2. The van der Waals surface area contributed by atoms with E-state index in [1.165, 1.54) is 0 Å². The van der Waals surface area contributed by atoms with E-state index in [1.807, 2.05) is 0 Å². The van der Waals surface area contributed by atoms with Crippen LogP contribution in [0.15, 0.2) is 41.7 Å². The van der Waals surface area contributed by atoms with Gasteiger partial charge < -0.3 is 5.11 Å². The molecule has 1 heterocycles. The van der Waals surface area contributed by atoms with Crippen LogP contribution in [-0.2, 0) is 14.1 Å². The van der Waals surface area contributed by atoms with Crippen molar-refractivity contribution in [3.63, 3.8) is 0 Å². The van der Waals surface area contributed by atoms with Crippen molar-refractivity contribution in [3.05, 3.63) is 47.5 Å². The van der Waals surface area contributed by atoms with Crippen LogP contribution in [0, 0.1) is 0 Å². The van der Waals surface area contributed by atoms with Crippen molar-refractivity contribution in [3.8, 4) is 0 Å². The molecule has 5 heteroatoms. The molecule has 0 fully saturated rings. The fraction of sp³-hybridized carbons (Fsp3) is 0.167. The van der Waals surface area contributed by atoms with E-state index in [4.69, 9.17) is 11.6 Å². The molecule has 0 aliphatic heterocycles. The maximum atomic E-state index is 12.0. The summed E-state index contributed by atoms with van der Waals surface area (Å²) in [5.74, 6) is 0.229. The summed E-state index contributed by atoms with van der Waals surface area (Å²) in [7, 11) is 3.61.